The number of hydrogen-bond donors (Lipinski definition) is 0. The predicted molar refractivity (Wildman–Crippen MR) is 116 cm³/mol. The Labute approximate surface area is 181 Å². The molecule has 0 spiro atoms. The molecule has 0 radical (unpaired) electrons. The number of esters is 1. The summed E-state index contributed by atoms with van der Waals surface area (Å²) < 4.78 is 13.1. The summed E-state index contributed by atoms with van der Waals surface area (Å²) in [5.41, 5.74) is 3.28. The van der Waals surface area contributed by atoms with Crippen molar-refractivity contribution < 1.29 is 19.1 Å². The van der Waals surface area contributed by atoms with Crippen LogP contribution in [0.15, 0.2) is 48.8 Å². The van der Waals surface area contributed by atoms with Gasteiger partial charge in [-0.15, -0.1) is 0 Å². The summed E-state index contributed by atoms with van der Waals surface area (Å²) >= 11 is 0. The van der Waals surface area contributed by atoms with Crippen molar-refractivity contribution in [2.45, 2.75) is 33.3 Å². The van der Waals surface area contributed by atoms with E-state index in [1.807, 2.05) is 48.0 Å². The molecule has 0 aliphatic carbocycles. The largest absolute Gasteiger partial charge is 0.486 e. The highest BCUT2D eigenvalue weighted by molar-refractivity contribution is 5.97. The van der Waals surface area contributed by atoms with E-state index in [4.69, 9.17) is 9.47 Å². The molecule has 1 fully saturated rings. The van der Waals surface area contributed by atoms with Gasteiger partial charge in [-0.1, -0.05) is 18.2 Å². The molecule has 1 unspecified atom stereocenters. The number of benzene rings is 1. The van der Waals surface area contributed by atoms with Gasteiger partial charge in [0.2, 0.25) is 0 Å². The number of ether oxygens (including phenoxy) is 2. The van der Waals surface area contributed by atoms with Crippen LogP contribution in [0.2, 0.25) is 0 Å². The quantitative estimate of drug-likeness (QED) is 0.568. The van der Waals surface area contributed by atoms with Crippen LogP contribution >= 0.6 is 0 Å². The topological polar surface area (TPSA) is 73.1 Å². The average Bonchev–Trinajstić information content (AvgIpc) is 3.19. The number of rotatable bonds is 6. The van der Waals surface area contributed by atoms with Crippen molar-refractivity contribution in [2.24, 2.45) is 5.92 Å². The van der Waals surface area contributed by atoms with Crippen LogP contribution in [0.5, 0.6) is 5.75 Å². The molecule has 1 aliphatic rings. The van der Waals surface area contributed by atoms with Crippen LogP contribution in [0.4, 0.5) is 0 Å². The Morgan fingerprint density at radius 2 is 2.00 bits per heavy atom. The van der Waals surface area contributed by atoms with Crippen LogP contribution in [0.25, 0.3) is 5.65 Å². The summed E-state index contributed by atoms with van der Waals surface area (Å²) in [6.07, 6.45) is 5.47. The molecule has 1 atom stereocenters. The number of para-hydroxylation sites is 1. The van der Waals surface area contributed by atoms with Gasteiger partial charge in [-0.3, -0.25) is 9.59 Å². The smallest absolute Gasteiger partial charge is 0.310 e. The number of nitrogens with zero attached hydrogens (tertiary/aromatic N) is 3. The van der Waals surface area contributed by atoms with E-state index < -0.39 is 0 Å². The number of imidazole rings is 1. The van der Waals surface area contributed by atoms with Gasteiger partial charge in [0, 0.05) is 25.5 Å². The summed E-state index contributed by atoms with van der Waals surface area (Å²) in [6.45, 7) is 5.43. The molecule has 162 valence electrons. The molecule has 0 bridgehead atoms. The van der Waals surface area contributed by atoms with E-state index in [2.05, 4.69) is 4.98 Å². The molecule has 4 rings (SSSR count). The third kappa shape index (κ3) is 4.71. The second-order valence-corrected chi connectivity index (χ2v) is 7.83. The molecule has 7 nitrogen and oxygen atoms in total. The average molecular weight is 421 g/mol. The standard InChI is InChI=1S/C24H27N3O4/c1-3-30-24(29)18-7-6-12-26(14-18)23(28)20-8-4-5-9-21(20)31-16-19-15-27-13-17(2)10-11-22(27)25-19/h4-5,8-11,13,15,18H,3,6-7,12,14,16H2,1-2H3. The minimum absolute atomic E-state index is 0.129. The number of piperidine rings is 1. The molecule has 7 heteroatoms. The SMILES string of the molecule is CCOC(=O)C1CCCN(C(=O)c2ccccc2OCc2cn3cc(C)ccc3n2)C1. The van der Waals surface area contributed by atoms with Gasteiger partial charge in [0.15, 0.2) is 0 Å². The molecule has 1 aromatic carbocycles. The van der Waals surface area contributed by atoms with E-state index in [-0.39, 0.29) is 24.4 Å². The Kier molecular flexibility index (Phi) is 6.21. The van der Waals surface area contributed by atoms with E-state index in [1.165, 1.54) is 0 Å². The molecular formula is C24H27N3O4. The highest BCUT2D eigenvalue weighted by atomic mass is 16.5. The predicted octanol–water partition coefficient (Wildman–Crippen LogP) is 3.64. The number of aromatic nitrogens is 2. The van der Waals surface area contributed by atoms with Gasteiger partial charge < -0.3 is 18.8 Å². The molecule has 2 aromatic heterocycles. The van der Waals surface area contributed by atoms with Gasteiger partial charge in [0.05, 0.1) is 23.8 Å². The van der Waals surface area contributed by atoms with Crippen molar-refractivity contribution in [3.63, 3.8) is 0 Å². The number of carbonyl (C=O) groups is 2. The Hall–Kier alpha value is -3.35. The third-order valence-corrected chi connectivity index (χ3v) is 5.47. The van der Waals surface area contributed by atoms with E-state index >= 15 is 0 Å². The maximum atomic E-state index is 13.2. The highest BCUT2D eigenvalue weighted by Gasteiger charge is 2.30. The first kappa shape index (κ1) is 20.9. The molecule has 1 saturated heterocycles. The summed E-state index contributed by atoms with van der Waals surface area (Å²) in [5, 5.41) is 0. The van der Waals surface area contributed by atoms with Crippen molar-refractivity contribution in [3.8, 4) is 5.75 Å². The van der Waals surface area contributed by atoms with E-state index in [0.717, 1.165) is 29.7 Å². The van der Waals surface area contributed by atoms with Crippen LogP contribution in [0.1, 0.15) is 41.4 Å². The van der Waals surface area contributed by atoms with Crippen LogP contribution in [-0.4, -0.2) is 45.9 Å². The Morgan fingerprint density at radius 3 is 2.84 bits per heavy atom. The van der Waals surface area contributed by atoms with Gasteiger partial charge >= 0.3 is 5.97 Å². The molecule has 1 amide bonds. The molecule has 0 saturated carbocycles. The van der Waals surface area contributed by atoms with E-state index in [9.17, 15) is 9.59 Å². The summed E-state index contributed by atoms with van der Waals surface area (Å²) in [4.78, 5) is 31.6. The van der Waals surface area contributed by atoms with Gasteiger partial charge in [0.25, 0.3) is 5.91 Å². The Morgan fingerprint density at radius 1 is 1.16 bits per heavy atom. The van der Waals surface area contributed by atoms with Gasteiger partial charge in [0.1, 0.15) is 18.0 Å². The fourth-order valence-corrected chi connectivity index (χ4v) is 3.93. The fraction of sp³-hybridized carbons (Fsp3) is 0.375. The molecule has 0 N–H and O–H groups in total. The normalized spacial score (nSPS) is 16.3. The molecule has 1 aliphatic heterocycles. The van der Waals surface area contributed by atoms with Crippen molar-refractivity contribution in [1.82, 2.24) is 14.3 Å². The highest BCUT2D eigenvalue weighted by Crippen LogP contribution is 2.25. The number of aryl methyl sites for hydroxylation is 1. The summed E-state index contributed by atoms with van der Waals surface area (Å²) in [6, 6.07) is 11.2. The van der Waals surface area contributed by atoms with Gasteiger partial charge in [-0.05, 0) is 50.5 Å². The van der Waals surface area contributed by atoms with Crippen molar-refractivity contribution in [1.29, 1.82) is 0 Å². The van der Waals surface area contributed by atoms with E-state index in [1.54, 1.807) is 24.0 Å². The minimum Gasteiger partial charge on any atom is -0.486 e. The number of pyridine rings is 1. The van der Waals surface area contributed by atoms with Gasteiger partial charge in [-0.2, -0.15) is 0 Å². The lowest BCUT2D eigenvalue weighted by Gasteiger charge is -2.32. The second-order valence-electron chi connectivity index (χ2n) is 7.83. The molecule has 31 heavy (non-hydrogen) atoms. The number of likely N-dealkylation sites (tertiary alicyclic amines) is 1. The van der Waals surface area contributed by atoms with Gasteiger partial charge in [-0.25, -0.2) is 4.98 Å². The fourth-order valence-electron chi connectivity index (χ4n) is 3.93. The number of amides is 1. The lowest BCUT2D eigenvalue weighted by atomic mass is 9.97. The lowest BCUT2D eigenvalue weighted by Crippen LogP contribution is -2.42. The van der Waals surface area contributed by atoms with Crippen molar-refractivity contribution in [3.05, 3.63) is 65.6 Å². The van der Waals surface area contributed by atoms with Crippen LogP contribution in [0, 0.1) is 12.8 Å². The monoisotopic (exact) mass is 421 g/mol. The van der Waals surface area contributed by atoms with Crippen LogP contribution < -0.4 is 4.74 Å². The van der Waals surface area contributed by atoms with Crippen LogP contribution in [-0.2, 0) is 16.1 Å². The Bertz CT molecular complexity index is 1090. The molecular weight excluding hydrogens is 394 g/mol. The van der Waals surface area contributed by atoms with Crippen LogP contribution in [0.3, 0.4) is 0 Å². The second kappa shape index (κ2) is 9.20. The first-order chi connectivity index (χ1) is 15.0. The Balaban J connectivity index is 1.47. The zero-order valence-electron chi connectivity index (χ0n) is 17.9. The number of hydrogen-bond acceptors (Lipinski definition) is 5. The molecule has 3 heterocycles. The van der Waals surface area contributed by atoms with Crippen molar-refractivity contribution in [2.75, 3.05) is 19.7 Å². The maximum Gasteiger partial charge on any atom is 0.310 e. The summed E-state index contributed by atoms with van der Waals surface area (Å²) in [7, 11) is 0. The zero-order valence-corrected chi connectivity index (χ0v) is 17.9. The lowest BCUT2D eigenvalue weighted by molar-refractivity contribution is -0.149. The number of fused-ring (bicyclic) bond motifs is 1. The summed E-state index contributed by atoms with van der Waals surface area (Å²) in [5.74, 6) is -0.118. The first-order valence-corrected chi connectivity index (χ1v) is 10.7. The van der Waals surface area contributed by atoms with E-state index in [0.29, 0.717) is 31.0 Å². The molecule has 3 aromatic rings. The first-order valence-electron chi connectivity index (χ1n) is 10.7. The minimum atomic E-state index is -0.271. The maximum absolute atomic E-state index is 13.2. The number of carbonyl (C=O) groups excluding carboxylic acids is 2. The zero-order chi connectivity index (χ0) is 21.8. The van der Waals surface area contributed by atoms with Crippen molar-refractivity contribution >= 4 is 17.5 Å². The third-order valence-electron chi connectivity index (χ3n) is 5.47.